The Bertz CT molecular complexity index is 86.4. The van der Waals surface area contributed by atoms with Crippen LogP contribution in [0.2, 0.25) is 0 Å². The van der Waals surface area contributed by atoms with Crippen molar-refractivity contribution >= 4 is 0 Å². The van der Waals surface area contributed by atoms with Gasteiger partial charge in [-0.3, -0.25) is 0 Å². The van der Waals surface area contributed by atoms with Gasteiger partial charge < -0.3 is 0 Å². The van der Waals surface area contributed by atoms with E-state index in [-0.39, 0.29) is 0 Å². The Morgan fingerprint density at radius 1 is 0.300 bits per heavy atom. The molecule has 1 aliphatic rings. The molecule has 0 aromatic heterocycles. The molecule has 0 N–H and O–H groups in total. The highest BCUT2D eigenvalue weighted by Crippen LogP contribution is 2.16. The van der Waals surface area contributed by atoms with Crippen molar-refractivity contribution in [3.05, 3.63) is 12.8 Å². The third-order valence-corrected chi connectivity index (χ3v) is 4.65. The van der Waals surface area contributed by atoms with Crippen molar-refractivity contribution in [2.24, 2.45) is 0 Å². The molecule has 0 heteroatoms. The van der Waals surface area contributed by atoms with Gasteiger partial charge in [-0.1, -0.05) is 109 Å². The zero-order valence-electron chi connectivity index (χ0n) is 13.9. The van der Waals surface area contributed by atoms with Crippen molar-refractivity contribution in [2.45, 2.75) is 116 Å². The summed E-state index contributed by atoms with van der Waals surface area (Å²) in [6.07, 6.45) is 31.0. The fourth-order valence-corrected chi connectivity index (χ4v) is 3.23. The van der Waals surface area contributed by atoms with Crippen molar-refractivity contribution in [3.8, 4) is 0 Å². The molecular formula is C20H38. The topological polar surface area (TPSA) is 0 Å². The second-order valence-corrected chi connectivity index (χ2v) is 6.69. The van der Waals surface area contributed by atoms with E-state index in [2.05, 4.69) is 12.8 Å². The SMILES string of the molecule is [CH]1C[CH]CCCCCCCCCCCCCCCCC1. The van der Waals surface area contributed by atoms with Gasteiger partial charge in [0.15, 0.2) is 0 Å². The minimum Gasteiger partial charge on any atom is -0.0533 e. The Morgan fingerprint density at radius 3 is 0.850 bits per heavy atom. The molecule has 0 aliphatic heterocycles. The molecule has 0 atom stereocenters. The molecular weight excluding hydrogens is 240 g/mol. The zero-order chi connectivity index (χ0) is 14.1. The van der Waals surface area contributed by atoms with Gasteiger partial charge in [0.2, 0.25) is 0 Å². The Hall–Kier alpha value is 0. The maximum atomic E-state index is 2.50. The molecule has 2 radical (unpaired) electrons. The summed E-state index contributed by atoms with van der Waals surface area (Å²) in [5, 5.41) is 0. The van der Waals surface area contributed by atoms with Gasteiger partial charge in [-0.25, -0.2) is 0 Å². The average molecular weight is 279 g/mol. The van der Waals surface area contributed by atoms with Crippen molar-refractivity contribution < 1.29 is 0 Å². The predicted octanol–water partition coefficient (Wildman–Crippen LogP) is 7.43. The molecule has 0 heterocycles. The first-order valence-electron chi connectivity index (χ1n) is 9.63. The highest BCUT2D eigenvalue weighted by atomic mass is 14.0. The molecule has 118 valence electrons. The number of hydrogen-bond acceptors (Lipinski definition) is 0. The molecule has 1 fully saturated rings. The van der Waals surface area contributed by atoms with Crippen molar-refractivity contribution in [2.75, 3.05) is 0 Å². The van der Waals surface area contributed by atoms with E-state index in [0.717, 1.165) is 0 Å². The third kappa shape index (κ3) is 13.0. The van der Waals surface area contributed by atoms with Crippen LogP contribution in [0.4, 0.5) is 0 Å². The summed E-state index contributed by atoms with van der Waals surface area (Å²) in [5.41, 5.74) is 0. The summed E-state index contributed by atoms with van der Waals surface area (Å²) in [6.45, 7) is 0. The van der Waals surface area contributed by atoms with Gasteiger partial charge in [0.25, 0.3) is 0 Å². The third-order valence-electron chi connectivity index (χ3n) is 4.65. The molecule has 0 aromatic carbocycles. The van der Waals surface area contributed by atoms with E-state index in [1.165, 1.54) is 116 Å². The molecule has 0 unspecified atom stereocenters. The van der Waals surface area contributed by atoms with E-state index in [9.17, 15) is 0 Å². The lowest BCUT2D eigenvalue weighted by molar-refractivity contribution is 0.527. The largest absolute Gasteiger partial charge is 0.0533 e. The van der Waals surface area contributed by atoms with E-state index >= 15 is 0 Å². The van der Waals surface area contributed by atoms with Crippen LogP contribution in [-0.4, -0.2) is 0 Å². The molecule has 0 aromatic rings. The number of rotatable bonds is 0. The van der Waals surface area contributed by atoms with Crippen molar-refractivity contribution in [1.82, 2.24) is 0 Å². The lowest BCUT2D eigenvalue weighted by Crippen LogP contribution is -1.86. The van der Waals surface area contributed by atoms with Crippen molar-refractivity contribution in [1.29, 1.82) is 0 Å². The van der Waals surface area contributed by atoms with Crippen LogP contribution in [0.25, 0.3) is 0 Å². The van der Waals surface area contributed by atoms with E-state index in [1.807, 2.05) is 0 Å². The van der Waals surface area contributed by atoms with Crippen LogP contribution >= 0.6 is 0 Å². The second kappa shape index (κ2) is 15.4. The molecule has 1 aliphatic carbocycles. The summed E-state index contributed by atoms with van der Waals surface area (Å²) < 4.78 is 0. The fraction of sp³-hybridized carbons (Fsp3) is 0.900. The molecule has 0 nitrogen and oxygen atoms in total. The minimum atomic E-state index is 1.25. The fourth-order valence-electron chi connectivity index (χ4n) is 3.23. The maximum Gasteiger partial charge on any atom is -0.0383 e. The standard InChI is InChI=1S/C20H38/c1-2-4-6-8-10-12-14-16-18-20-19-17-15-13-11-9-7-5-3-1/h1,4H,2-3,5-20H2. The van der Waals surface area contributed by atoms with E-state index in [0.29, 0.717) is 0 Å². The summed E-state index contributed by atoms with van der Waals surface area (Å²) in [7, 11) is 0. The summed E-state index contributed by atoms with van der Waals surface area (Å²) in [5.74, 6) is 0. The molecule has 0 spiro atoms. The lowest BCUT2D eigenvalue weighted by atomic mass is 10.0. The quantitative estimate of drug-likeness (QED) is 0.432. The van der Waals surface area contributed by atoms with Crippen LogP contribution in [0.1, 0.15) is 116 Å². The second-order valence-electron chi connectivity index (χ2n) is 6.69. The van der Waals surface area contributed by atoms with Crippen LogP contribution in [0, 0.1) is 12.8 Å². The van der Waals surface area contributed by atoms with Gasteiger partial charge >= 0.3 is 0 Å². The van der Waals surface area contributed by atoms with Gasteiger partial charge in [0.05, 0.1) is 0 Å². The Kier molecular flexibility index (Phi) is 13.9. The summed E-state index contributed by atoms with van der Waals surface area (Å²) in [4.78, 5) is 0. The minimum absolute atomic E-state index is 1.25. The molecule has 20 heavy (non-hydrogen) atoms. The van der Waals surface area contributed by atoms with Gasteiger partial charge in [-0.2, -0.15) is 0 Å². The van der Waals surface area contributed by atoms with Gasteiger partial charge in [-0.15, -0.1) is 0 Å². The predicted molar refractivity (Wildman–Crippen MR) is 91.7 cm³/mol. The van der Waals surface area contributed by atoms with Crippen molar-refractivity contribution in [3.63, 3.8) is 0 Å². The molecule has 0 amide bonds. The van der Waals surface area contributed by atoms with E-state index < -0.39 is 0 Å². The smallest absolute Gasteiger partial charge is 0.0383 e. The van der Waals surface area contributed by atoms with Crippen LogP contribution in [0.3, 0.4) is 0 Å². The molecule has 0 saturated heterocycles. The Labute approximate surface area is 129 Å². The van der Waals surface area contributed by atoms with Gasteiger partial charge in [0, 0.05) is 0 Å². The van der Waals surface area contributed by atoms with Crippen LogP contribution in [-0.2, 0) is 0 Å². The van der Waals surface area contributed by atoms with Crippen LogP contribution in [0.15, 0.2) is 0 Å². The normalized spacial score (nSPS) is 24.0. The summed E-state index contributed by atoms with van der Waals surface area (Å²) >= 11 is 0. The number of hydrogen-bond donors (Lipinski definition) is 0. The van der Waals surface area contributed by atoms with E-state index in [4.69, 9.17) is 0 Å². The van der Waals surface area contributed by atoms with Gasteiger partial charge in [-0.05, 0) is 19.3 Å². The van der Waals surface area contributed by atoms with E-state index in [1.54, 1.807) is 0 Å². The van der Waals surface area contributed by atoms with Crippen LogP contribution in [0.5, 0.6) is 0 Å². The molecule has 0 bridgehead atoms. The molecule has 1 saturated carbocycles. The van der Waals surface area contributed by atoms with Crippen LogP contribution < -0.4 is 0 Å². The highest BCUT2D eigenvalue weighted by molar-refractivity contribution is 4.75. The summed E-state index contributed by atoms with van der Waals surface area (Å²) in [6, 6.07) is 0. The average Bonchev–Trinajstić information content (AvgIpc) is 2.46. The zero-order valence-corrected chi connectivity index (χ0v) is 13.9. The lowest BCUT2D eigenvalue weighted by Gasteiger charge is -2.05. The molecule has 1 rings (SSSR count). The van der Waals surface area contributed by atoms with Gasteiger partial charge in [0.1, 0.15) is 0 Å². The first kappa shape index (κ1) is 18.1. The first-order valence-corrected chi connectivity index (χ1v) is 9.63. The Balaban J connectivity index is 2.00. The monoisotopic (exact) mass is 278 g/mol. The Morgan fingerprint density at radius 2 is 0.550 bits per heavy atom. The maximum absolute atomic E-state index is 2.50. The highest BCUT2D eigenvalue weighted by Gasteiger charge is 1.97. The first-order chi connectivity index (χ1) is 10.0.